The molecule has 1 atom stereocenters. The van der Waals surface area contributed by atoms with Crippen LogP contribution in [0.4, 0.5) is 13.2 Å². The molecule has 25 heavy (non-hydrogen) atoms. The maximum absolute atomic E-state index is 13.2. The highest BCUT2D eigenvalue weighted by Crippen LogP contribution is 2.40. The summed E-state index contributed by atoms with van der Waals surface area (Å²) in [5.41, 5.74) is -0.217. The zero-order valence-electron chi connectivity index (χ0n) is 13.1. The van der Waals surface area contributed by atoms with Crippen LogP contribution in [0.2, 0.25) is 0 Å². The Labute approximate surface area is 141 Å². The molecule has 0 fully saturated rings. The quantitative estimate of drug-likeness (QED) is 0.835. The lowest BCUT2D eigenvalue weighted by Crippen LogP contribution is -2.21. The number of hydrogen-bond donors (Lipinski definition) is 1. The van der Waals surface area contributed by atoms with Gasteiger partial charge in [-0.05, 0) is 42.7 Å². The molecule has 8 heteroatoms. The molecule has 3 rings (SSSR count). The van der Waals surface area contributed by atoms with Gasteiger partial charge in [0.05, 0.1) is 12.7 Å². The van der Waals surface area contributed by atoms with Gasteiger partial charge in [0.15, 0.2) is 5.69 Å². The Hall–Kier alpha value is -2.77. The minimum atomic E-state index is -4.70. The number of aromatic nitrogens is 1. The number of rotatable bonds is 2. The maximum Gasteiger partial charge on any atom is 0.433 e. The first-order valence-electron chi connectivity index (χ1n) is 7.44. The molecule has 0 bridgehead atoms. The Kier molecular flexibility index (Phi) is 4.28. The van der Waals surface area contributed by atoms with E-state index in [9.17, 15) is 23.1 Å². The van der Waals surface area contributed by atoms with Crippen LogP contribution in [-0.2, 0) is 17.3 Å². The second kappa shape index (κ2) is 6.27. The number of alkyl halides is 3. The van der Waals surface area contributed by atoms with Gasteiger partial charge in [0, 0.05) is 11.6 Å². The summed E-state index contributed by atoms with van der Waals surface area (Å²) in [5.74, 6) is -0.785. The first-order chi connectivity index (χ1) is 11.8. The number of carbonyl (C=O) groups is 1. The van der Waals surface area contributed by atoms with Crippen LogP contribution in [0.3, 0.4) is 0 Å². The summed E-state index contributed by atoms with van der Waals surface area (Å²) in [6.45, 7) is 0. The van der Waals surface area contributed by atoms with E-state index in [1.807, 2.05) is 0 Å². The minimum absolute atomic E-state index is 0.131. The largest absolute Gasteiger partial charge is 0.493 e. The molecule has 1 aromatic heterocycles. The van der Waals surface area contributed by atoms with Crippen LogP contribution in [0.5, 0.6) is 11.6 Å². The molecular formula is C17H14F3NO4. The first-order valence-corrected chi connectivity index (χ1v) is 7.44. The Morgan fingerprint density at radius 1 is 1.32 bits per heavy atom. The lowest BCUT2D eigenvalue weighted by atomic mass is 9.95. The van der Waals surface area contributed by atoms with Gasteiger partial charge in [0.25, 0.3) is 0 Å². The molecule has 2 aromatic rings. The van der Waals surface area contributed by atoms with E-state index in [1.54, 1.807) is 6.07 Å². The van der Waals surface area contributed by atoms with Gasteiger partial charge >= 0.3 is 12.1 Å². The van der Waals surface area contributed by atoms with Crippen molar-refractivity contribution in [2.24, 2.45) is 0 Å². The molecule has 0 aliphatic carbocycles. The number of pyridine rings is 1. The van der Waals surface area contributed by atoms with Crippen molar-refractivity contribution in [1.82, 2.24) is 4.98 Å². The highest BCUT2D eigenvalue weighted by molar-refractivity contribution is 5.89. The summed E-state index contributed by atoms with van der Waals surface area (Å²) in [4.78, 5) is 14.8. The molecule has 1 aromatic carbocycles. The van der Waals surface area contributed by atoms with E-state index in [2.05, 4.69) is 9.72 Å². The van der Waals surface area contributed by atoms with Gasteiger partial charge in [0.1, 0.15) is 11.9 Å². The van der Waals surface area contributed by atoms with Crippen LogP contribution in [0.25, 0.3) is 0 Å². The van der Waals surface area contributed by atoms with Crippen LogP contribution in [0.15, 0.2) is 30.3 Å². The second-order valence-corrected chi connectivity index (χ2v) is 5.56. The molecule has 0 saturated heterocycles. The fourth-order valence-corrected chi connectivity index (χ4v) is 2.80. The molecule has 0 saturated carbocycles. The average Bonchev–Trinajstić information content (AvgIpc) is 2.59. The van der Waals surface area contributed by atoms with Crippen LogP contribution < -0.4 is 4.74 Å². The smallest absolute Gasteiger partial charge is 0.433 e. The van der Waals surface area contributed by atoms with Gasteiger partial charge in [-0.15, -0.1) is 0 Å². The normalized spacial score (nSPS) is 16.7. The molecule has 2 heterocycles. The van der Waals surface area contributed by atoms with E-state index in [0.29, 0.717) is 17.7 Å². The van der Waals surface area contributed by atoms with Gasteiger partial charge in [-0.25, -0.2) is 9.78 Å². The number of nitrogens with zero attached hydrogens (tertiary/aromatic N) is 1. The highest BCUT2D eigenvalue weighted by Gasteiger charge is 2.39. The summed E-state index contributed by atoms with van der Waals surface area (Å²) in [6.07, 6.45) is -4.83. The van der Waals surface area contributed by atoms with Gasteiger partial charge in [0.2, 0.25) is 5.88 Å². The van der Waals surface area contributed by atoms with Crippen molar-refractivity contribution in [1.29, 1.82) is 0 Å². The van der Waals surface area contributed by atoms with Crippen molar-refractivity contribution in [2.45, 2.75) is 25.1 Å². The third-order valence-corrected chi connectivity index (χ3v) is 3.95. The molecule has 1 N–H and O–H groups in total. The number of ether oxygens (including phenoxy) is 2. The van der Waals surface area contributed by atoms with Crippen LogP contribution in [-0.4, -0.2) is 23.2 Å². The number of esters is 1. The summed E-state index contributed by atoms with van der Waals surface area (Å²) >= 11 is 0. The number of benzene rings is 1. The summed E-state index contributed by atoms with van der Waals surface area (Å²) in [5, 5.41) is 9.27. The highest BCUT2D eigenvalue weighted by atomic mass is 19.4. The summed E-state index contributed by atoms with van der Waals surface area (Å²) in [7, 11) is 1.27. The summed E-state index contributed by atoms with van der Waals surface area (Å²) < 4.78 is 49.9. The number of aryl methyl sites for hydroxylation is 1. The van der Waals surface area contributed by atoms with Gasteiger partial charge in [-0.1, -0.05) is 0 Å². The van der Waals surface area contributed by atoms with Crippen molar-refractivity contribution in [2.75, 3.05) is 7.11 Å². The molecule has 1 aliphatic rings. The minimum Gasteiger partial charge on any atom is -0.493 e. The van der Waals surface area contributed by atoms with Crippen LogP contribution in [0, 0.1) is 0 Å². The topological polar surface area (TPSA) is 68.7 Å². The monoisotopic (exact) mass is 353 g/mol. The van der Waals surface area contributed by atoms with Crippen molar-refractivity contribution in [3.63, 3.8) is 0 Å². The van der Waals surface area contributed by atoms with E-state index in [1.165, 1.54) is 25.3 Å². The van der Waals surface area contributed by atoms with Crippen molar-refractivity contribution < 1.29 is 32.5 Å². The van der Waals surface area contributed by atoms with Crippen LogP contribution in [0.1, 0.15) is 39.7 Å². The fourth-order valence-electron chi connectivity index (χ4n) is 2.80. The second-order valence-electron chi connectivity index (χ2n) is 5.56. The lowest BCUT2D eigenvalue weighted by Gasteiger charge is -2.28. The standard InChI is InChI=1S/C17H14F3NO4/c1-24-16(23)10-3-5-12-9(8-10)2-6-13(25-12)11-4-7-14(22)21-15(11)17(18,19)20/h3-5,7-8,13H,2,6H2,1H3,(H,21,22). The fraction of sp³-hybridized carbons (Fsp3) is 0.294. The number of fused-ring (bicyclic) bond motifs is 1. The third-order valence-electron chi connectivity index (χ3n) is 3.95. The van der Waals surface area contributed by atoms with E-state index in [4.69, 9.17) is 4.74 Å². The number of methoxy groups -OCH3 is 1. The van der Waals surface area contributed by atoms with E-state index in [0.717, 1.165) is 11.6 Å². The molecule has 0 amide bonds. The number of carbonyl (C=O) groups excluding carboxylic acids is 1. The zero-order valence-corrected chi connectivity index (χ0v) is 13.1. The first kappa shape index (κ1) is 17.1. The molecule has 132 valence electrons. The zero-order chi connectivity index (χ0) is 18.2. The number of halogens is 3. The maximum atomic E-state index is 13.2. The summed E-state index contributed by atoms with van der Waals surface area (Å²) in [6, 6.07) is 6.91. The predicted molar refractivity (Wildman–Crippen MR) is 80.4 cm³/mol. The van der Waals surface area contributed by atoms with Gasteiger partial charge in [-0.3, -0.25) is 0 Å². The molecule has 0 spiro atoms. The van der Waals surface area contributed by atoms with Crippen molar-refractivity contribution in [3.05, 3.63) is 52.7 Å². The van der Waals surface area contributed by atoms with Crippen molar-refractivity contribution in [3.8, 4) is 11.6 Å². The Bertz CT molecular complexity index is 820. The molecule has 1 aliphatic heterocycles. The van der Waals surface area contributed by atoms with Gasteiger partial charge < -0.3 is 14.6 Å². The molecule has 5 nitrogen and oxygen atoms in total. The Morgan fingerprint density at radius 3 is 2.76 bits per heavy atom. The molecular weight excluding hydrogens is 339 g/mol. The molecule has 0 radical (unpaired) electrons. The van der Waals surface area contributed by atoms with Crippen LogP contribution >= 0.6 is 0 Å². The lowest BCUT2D eigenvalue weighted by molar-refractivity contribution is -0.143. The average molecular weight is 353 g/mol. The predicted octanol–water partition coefficient (Wildman–Crippen LogP) is 3.66. The third kappa shape index (κ3) is 3.38. The van der Waals surface area contributed by atoms with Gasteiger partial charge in [-0.2, -0.15) is 13.2 Å². The Balaban J connectivity index is 1.93. The van der Waals surface area contributed by atoms with E-state index < -0.39 is 29.8 Å². The number of hydrogen-bond acceptors (Lipinski definition) is 5. The Morgan fingerprint density at radius 2 is 2.08 bits per heavy atom. The number of aromatic hydroxyl groups is 1. The molecule has 1 unspecified atom stereocenters. The van der Waals surface area contributed by atoms with E-state index in [-0.39, 0.29) is 12.0 Å². The van der Waals surface area contributed by atoms with E-state index >= 15 is 0 Å². The van der Waals surface area contributed by atoms with Crippen molar-refractivity contribution >= 4 is 5.97 Å². The SMILES string of the molecule is COC(=O)c1ccc2c(c1)CCC(c1ccc(O)nc1C(F)(F)F)O2.